The molecule has 0 saturated carbocycles. The molecule has 0 unspecified atom stereocenters. The lowest BCUT2D eigenvalue weighted by Crippen LogP contribution is -2.33. The summed E-state index contributed by atoms with van der Waals surface area (Å²) in [6, 6.07) is 8.86. The molecule has 2 heterocycles. The van der Waals surface area contributed by atoms with Gasteiger partial charge in [-0.3, -0.25) is 9.69 Å². The van der Waals surface area contributed by atoms with Crippen LogP contribution in [-0.4, -0.2) is 28.5 Å². The maximum Gasteiger partial charge on any atom is 0.416 e. The van der Waals surface area contributed by atoms with Crippen molar-refractivity contribution in [3.63, 3.8) is 0 Å². The second kappa shape index (κ2) is 6.92. The number of rotatable bonds is 4. The molecule has 134 valence electrons. The third-order valence-corrected chi connectivity index (χ3v) is 4.51. The third kappa shape index (κ3) is 4.04. The van der Waals surface area contributed by atoms with Gasteiger partial charge in [-0.25, -0.2) is 0 Å². The molecule has 1 N–H and O–H groups in total. The fourth-order valence-corrected chi connectivity index (χ4v) is 3.33. The standard InChI is InChI=1S/C18H20F3N3O/c1-23-9-3-7-15(23)16-8-4-10-24(16)12-17(25)22-14-6-2-5-13(11-14)18(19,20)21/h2-3,5-7,9,11,16H,4,8,10,12H2,1H3,(H,22,25)/t16-/m1/s1. The van der Waals surface area contributed by atoms with Crippen molar-refractivity contribution in [3.8, 4) is 0 Å². The first-order valence-corrected chi connectivity index (χ1v) is 8.17. The number of alkyl halides is 3. The van der Waals surface area contributed by atoms with Crippen LogP contribution < -0.4 is 5.32 Å². The maximum absolute atomic E-state index is 12.8. The van der Waals surface area contributed by atoms with Gasteiger partial charge >= 0.3 is 6.18 Å². The number of halogens is 3. The van der Waals surface area contributed by atoms with Crippen molar-refractivity contribution < 1.29 is 18.0 Å². The first kappa shape index (κ1) is 17.5. The van der Waals surface area contributed by atoms with Gasteiger partial charge in [0.2, 0.25) is 5.91 Å². The fourth-order valence-electron chi connectivity index (χ4n) is 3.33. The van der Waals surface area contributed by atoms with Crippen LogP contribution in [0, 0.1) is 0 Å². The van der Waals surface area contributed by atoms with Crippen LogP contribution in [0.5, 0.6) is 0 Å². The Hall–Kier alpha value is -2.28. The second-order valence-electron chi connectivity index (χ2n) is 6.30. The summed E-state index contributed by atoms with van der Waals surface area (Å²) in [6.45, 7) is 0.956. The summed E-state index contributed by atoms with van der Waals surface area (Å²) in [5.74, 6) is -0.305. The number of amides is 1. The number of benzene rings is 1. The Morgan fingerprint density at radius 2 is 2.08 bits per heavy atom. The Morgan fingerprint density at radius 1 is 1.28 bits per heavy atom. The van der Waals surface area contributed by atoms with E-state index in [2.05, 4.69) is 10.2 Å². The summed E-state index contributed by atoms with van der Waals surface area (Å²) in [5.41, 5.74) is 0.534. The van der Waals surface area contributed by atoms with E-state index in [0.29, 0.717) is 0 Å². The van der Waals surface area contributed by atoms with Gasteiger partial charge in [-0.1, -0.05) is 6.07 Å². The number of anilines is 1. The molecule has 1 saturated heterocycles. The quantitative estimate of drug-likeness (QED) is 0.909. The molecule has 0 radical (unpaired) electrons. The minimum absolute atomic E-state index is 0.159. The highest BCUT2D eigenvalue weighted by molar-refractivity contribution is 5.92. The zero-order valence-electron chi connectivity index (χ0n) is 13.9. The van der Waals surface area contributed by atoms with Crippen LogP contribution in [0.3, 0.4) is 0 Å². The third-order valence-electron chi connectivity index (χ3n) is 4.51. The van der Waals surface area contributed by atoms with Gasteiger partial charge in [0.25, 0.3) is 0 Å². The molecule has 1 fully saturated rings. The number of hydrogen-bond donors (Lipinski definition) is 1. The highest BCUT2D eigenvalue weighted by Crippen LogP contribution is 2.32. The topological polar surface area (TPSA) is 37.3 Å². The molecule has 1 aromatic carbocycles. The highest BCUT2D eigenvalue weighted by Gasteiger charge is 2.31. The van der Waals surface area contributed by atoms with Crippen LogP contribution in [0.4, 0.5) is 18.9 Å². The second-order valence-corrected chi connectivity index (χ2v) is 6.30. The summed E-state index contributed by atoms with van der Waals surface area (Å²) < 4.78 is 40.3. The highest BCUT2D eigenvalue weighted by atomic mass is 19.4. The Labute approximate surface area is 144 Å². The smallest absolute Gasteiger partial charge is 0.353 e. The van der Waals surface area contributed by atoms with Gasteiger partial charge in [0, 0.05) is 24.6 Å². The molecule has 7 heteroatoms. The normalized spacial score (nSPS) is 18.5. The van der Waals surface area contributed by atoms with Crippen LogP contribution in [0.15, 0.2) is 42.6 Å². The van der Waals surface area contributed by atoms with Gasteiger partial charge in [0.1, 0.15) is 0 Å². The van der Waals surface area contributed by atoms with E-state index in [1.165, 1.54) is 12.1 Å². The predicted octanol–water partition coefficient (Wildman–Crippen LogP) is 3.82. The number of nitrogens with one attached hydrogen (secondary N) is 1. The molecular formula is C18H20F3N3O. The molecule has 1 atom stereocenters. The van der Waals surface area contributed by atoms with E-state index in [1.54, 1.807) is 0 Å². The zero-order chi connectivity index (χ0) is 18.0. The molecule has 1 amide bonds. The van der Waals surface area contributed by atoms with Gasteiger partial charge in [-0.2, -0.15) is 13.2 Å². The van der Waals surface area contributed by atoms with Crippen molar-refractivity contribution in [1.29, 1.82) is 0 Å². The summed E-state index contributed by atoms with van der Waals surface area (Å²) >= 11 is 0. The van der Waals surface area contributed by atoms with E-state index < -0.39 is 11.7 Å². The Morgan fingerprint density at radius 3 is 2.76 bits per heavy atom. The molecule has 1 aliphatic rings. The van der Waals surface area contributed by atoms with E-state index in [9.17, 15) is 18.0 Å². The lowest BCUT2D eigenvalue weighted by Gasteiger charge is -2.24. The van der Waals surface area contributed by atoms with Crippen molar-refractivity contribution in [2.45, 2.75) is 25.1 Å². The summed E-state index contributed by atoms with van der Waals surface area (Å²) in [7, 11) is 1.97. The first-order valence-electron chi connectivity index (χ1n) is 8.17. The molecule has 1 aromatic heterocycles. The minimum atomic E-state index is -4.42. The Balaban J connectivity index is 1.66. The zero-order valence-corrected chi connectivity index (χ0v) is 13.9. The number of hydrogen-bond acceptors (Lipinski definition) is 2. The average Bonchev–Trinajstić information content (AvgIpc) is 3.15. The van der Waals surface area contributed by atoms with Crippen molar-refractivity contribution >= 4 is 11.6 Å². The molecule has 4 nitrogen and oxygen atoms in total. The molecule has 3 rings (SSSR count). The molecule has 2 aromatic rings. The van der Waals surface area contributed by atoms with Gasteiger partial charge in [-0.15, -0.1) is 0 Å². The van der Waals surface area contributed by atoms with Gasteiger partial charge in [-0.05, 0) is 49.7 Å². The number of aryl methyl sites for hydroxylation is 1. The minimum Gasteiger partial charge on any atom is -0.353 e. The Kier molecular flexibility index (Phi) is 4.85. The van der Waals surface area contributed by atoms with E-state index in [1.807, 2.05) is 29.9 Å². The lowest BCUT2D eigenvalue weighted by atomic mass is 10.1. The number of likely N-dealkylation sites (tertiary alicyclic amines) is 1. The SMILES string of the molecule is Cn1cccc1[C@H]1CCCN1CC(=O)Nc1cccc(C(F)(F)F)c1. The number of carbonyl (C=O) groups excluding carboxylic acids is 1. The largest absolute Gasteiger partial charge is 0.416 e. The van der Waals surface area contributed by atoms with Gasteiger partial charge < -0.3 is 9.88 Å². The van der Waals surface area contributed by atoms with Crippen LogP contribution in [0.25, 0.3) is 0 Å². The van der Waals surface area contributed by atoms with Crippen molar-refractivity contribution in [2.75, 3.05) is 18.4 Å². The van der Waals surface area contributed by atoms with Crippen LogP contribution in [0.2, 0.25) is 0 Å². The molecule has 0 spiro atoms. The van der Waals surface area contributed by atoms with Crippen molar-refractivity contribution in [2.24, 2.45) is 7.05 Å². The summed E-state index contributed by atoms with van der Waals surface area (Å²) in [5, 5.41) is 2.57. The molecular weight excluding hydrogens is 331 g/mol. The van der Waals surface area contributed by atoms with Gasteiger partial charge in [0.15, 0.2) is 0 Å². The Bertz CT molecular complexity index is 754. The molecule has 1 aliphatic heterocycles. The lowest BCUT2D eigenvalue weighted by molar-refractivity contribution is -0.137. The van der Waals surface area contributed by atoms with Crippen LogP contribution >= 0.6 is 0 Å². The van der Waals surface area contributed by atoms with Gasteiger partial charge in [0.05, 0.1) is 18.2 Å². The number of nitrogens with zero attached hydrogens (tertiary/aromatic N) is 2. The van der Waals surface area contributed by atoms with Crippen LogP contribution in [-0.2, 0) is 18.0 Å². The van der Waals surface area contributed by atoms with E-state index >= 15 is 0 Å². The van der Waals surface area contributed by atoms with Crippen molar-refractivity contribution in [3.05, 3.63) is 53.9 Å². The monoisotopic (exact) mass is 351 g/mol. The van der Waals surface area contributed by atoms with E-state index in [-0.39, 0.29) is 24.2 Å². The maximum atomic E-state index is 12.8. The molecule has 25 heavy (non-hydrogen) atoms. The van der Waals surface area contributed by atoms with E-state index in [4.69, 9.17) is 0 Å². The first-order chi connectivity index (χ1) is 11.8. The average molecular weight is 351 g/mol. The van der Waals surface area contributed by atoms with Crippen LogP contribution in [0.1, 0.15) is 30.1 Å². The van der Waals surface area contributed by atoms with Crippen molar-refractivity contribution in [1.82, 2.24) is 9.47 Å². The summed E-state index contributed by atoms with van der Waals surface area (Å²) in [6.07, 6.45) is -0.497. The fraction of sp³-hybridized carbons (Fsp3) is 0.389. The number of aromatic nitrogens is 1. The van der Waals surface area contributed by atoms with E-state index in [0.717, 1.165) is 37.2 Å². The molecule has 0 bridgehead atoms. The predicted molar refractivity (Wildman–Crippen MR) is 89.0 cm³/mol. The molecule has 0 aliphatic carbocycles. The number of carbonyl (C=O) groups is 1. The summed E-state index contributed by atoms with van der Waals surface area (Å²) in [4.78, 5) is 14.4.